The van der Waals surface area contributed by atoms with Crippen LogP contribution in [-0.2, 0) is 6.54 Å². The molecule has 84 valence electrons. The van der Waals surface area contributed by atoms with Crippen molar-refractivity contribution < 1.29 is 0 Å². The minimum absolute atomic E-state index is 0.897. The van der Waals surface area contributed by atoms with Gasteiger partial charge in [-0.25, -0.2) is 0 Å². The first-order valence-corrected chi connectivity index (χ1v) is 5.88. The van der Waals surface area contributed by atoms with E-state index < -0.39 is 0 Å². The summed E-state index contributed by atoms with van der Waals surface area (Å²) in [4.78, 5) is 0. The smallest absolute Gasteiger partial charge is 0.0407 e. The van der Waals surface area contributed by atoms with Gasteiger partial charge in [-0.1, -0.05) is 54.6 Å². The van der Waals surface area contributed by atoms with E-state index in [1.54, 1.807) is 0 Å². The van der Waals surface area contributed by atoms with Crippen LogP contribution < -0.4 is 5.32 Å². The van der Waals surface area contributed by atoms with E-state index in [4.69, 9.17) is 0 Å². The Morgan fingerprint density at radius 2 is 1.82 bits per heavy atom. The zero-order valence-corrected chi connectivity index (χ0v) is 9.96. The number of rotatable bonds is 1. The van der Waals surface area contributed by atoms with Crippen LogP contribution in [0.3, 0.4) is 0 Å². The summed E-state index contributed by atoms with van der Waals surface area (Å²) >= 11 is 0. The van der Waals surface area contributed by atoms with Gasteiger partial charge in [0.25, 0.3) is 0 Å². The zero-order valence-electron chi connectivity index (χ0n) is 9.96. The van der Waals surface area contributed by atoms with E-state index in [0.717, 1.165) is 12.2 Å². The Bertz CT molecular complexity index is 579. The lowest BCUT2D eigenvalue weighted by Gasteiger charge is -2.09. The number of hydrogen-bond donors (Lipinski definition) is 1. The standard InChI is InChI=1S/C16H15N/c1-11-6-8-13(9-7-11)15-5-3-4-14-10-17-12(2)16(14)15/h3-9,17H,2,10H2,1H3. The molecule has 0 spiro atoms. The van der Waals surface area contributed by atoms with Crippen molar-refractivity contribution >= 4 is 5.70 Å². The van der Waals surface area contributed by atoms with Gasteiger partial charge in [0.2, 0.25) is 0 Å². The van der Waals surface area contributed by atoms with E-state index in [1.165, 1.54) is 27.8 Å². The van der Waals surface area contributed by atoms with Crippen LogP contribution >= 0.6 is 0 Å². The molecule has 1 heterocycles. The molecule has 1 aliphatic rings. The Kier molecular flexibility index (Phi) is 2.25. The predicted molar refractivity (Wildman–Crippen MR) is 72.5 cm³/mol. The quantitative estimate of drug-likeness (QED) is 0.773. The average molecular weight is 221 g/mol. The van der Waals surface area contributed by atoms with Crippen LogP contribution in [0.5, 0.6) is 0 Å². The fourth-order valence-electron chi connectivity index (χ4n) is 2.37. The van der Waals surface area contributed by atoms with E-state index >= 15 is 0 Å². The van der Waals surface area contributed by atoms with E-state index in [2.05, 4.69) is 61.3 Å². The van der Waals surface area contributed by atoms with Gasteiger partial charge in [-0.15, -0.1) is 0 Å². The summed E-state index contributed by atoms with van der Waals surface area (Å²) in [5, 5.41) is 3.31. The highest BCUT2D eigenvalue weighted by atomic mass is 14.9. The van der Waals surface area contributed by atoms with Gasteiger partial charge >= 0.3 is 0 Å². The number of aryl methyl sites for hydroxylation is 1. The van der Waals surface area contributed by atoms with Crippen molar-refractivity contribution in [2.45, 2.75) is 13.5 Å². The summed E-state index contributed by atoms with van der Waals surface area (Å²) in [6.07, 6.45) is 0. The Hall–Kier alpha value is -2.02. The lowest BCUT2D eigenvalue weighted by Crippen LogP contribution is -1.98. The molecule has 1 heteroatoms. The summed E-state index contributed by atoms with van der Waals surface area (Å²) < 4.78 is 0. The molecule has 17 heavy (non-hydrogen) atoms. The summed E-state index contributed by atoms with van der Waals surface area (Å²) in [5.41, 5.74) is 7.48. The maximum absolute atomic E-state index is 4.09. The maximum atomic E-state index is 4.09. The van der Waals surface area contributed by atoms with Crippen molar-refractivity contribution in [2.75, 3.05) is 0 Å². The minimum Gasteiger partial charge on any atom is -0.381 e. The highest BCUT2D eigenvalue weighted by Crippen LogP contribution is 2.33. The highest BCUT2D eigenvalue weighted by Gasteiger charge is 2.17. The van der Waals surface area contributed by atoms with Crippen LogP contribution in [0.25, 0.3) is 16.8 Å². The second kappa shape index (κ2) is 3.77. The van der Waals surface area contributed by atoms with E-state index in [1.807, 2.05) is 0 Å². The molecule has 1 aliphatic heterocycles. The zero-order chi connectivity index (χ0) is 11.8. The molecule has 0 atom stereocenters. The third-order valence-corrected chi connectivity index (χ3v) is 3.31. The molecular formula is C16H15N. The summed E-state index contributed by atoms with van der Waals surface area (Å²) in [6.45, 7) is 7.10. The lowest BCUT2D eigenvalue weighted by molar-refractivity contribution is 0.946. The van der Waals surface area contributed by atoms with E-state index in [-0.39, 0.29) is 0 Å². The van der Waals surface area contributed by atoms with Gasteiger partial charge in [-0.3, -0.25) is 0 Å². The van der Waals surface area contributed by atoms with Crippen LogP contribution in [0.15, 0.2) is 49.0 Å². The van der Waals surface area contributed by atoms with Gasteiger partial charge in [-0.05, 0) is 23.6 Å². The van der Waals surface area contributed by atoms with Crippen molar-refractivity contribution in [1.29, 1.82) is 0 Å². The SMILES string of the molecule is C=C1NCc2cccc(-c3ccc(C)cc3)c21. The molecular weight excluding hydrogens is 206 g/mol. The first kappa shape index (κ1) is 10.2. The van der Waals surface area contributed by atoms with Crippen LogP contribution in [0.1, 0.15) is 16.7 Å². The lowest BCUT2D eigenvalue weighted by atomic mass is 9.95. The van der Waals surface area contributed by atoms with Gasteiger partial charge in [0.15, 0.2) is 0 Å². The molecule has 0 bridgehead atoms. The largest absolute Gasteiger partial charge is 0.381 e. The molecule has 0 saturated carbocycles. The van der Waals surface area contributed by atoms with Crippen molar-refractivity contribution in [2.24, 2.45) is 0 Å². The summed E-state index contributed by atoms with van der Waals surface area (Å²) in [5.74, 6) is 0. The fraction of sp³-hybridized carbons (Fsp3) is 0.125. The molecule has 0 unspecified atom stereocenters. The van der Waals surface area contributed by atoms with Gasteiger partial charge in [0, 0.05) is 17.8 Å². The number of fused-ring (bicyclic) bond motifs is 1. The monoisotopic (exact) mass is 221 g/mol. The topological polar surface area (TPSA) is 12.0 Å². The molecule has 1 nitrogen and oxygen atoms in total. The number of hydrogen-bond acceptors (Lipinski definition) is 1. The van der Waals surface area contributed by atoms with E-state index in [9.17, 15) is 0 Å². The van der Waals surface area contributed by atoms with Crippen molar-refractivity contribution in [3.8, 4) is 11.1 Å². The second-order valence-corrected chi connectivity index (χ2v) is 4.54. The average Bonchev–Trinajstić information content (AvgIpc) is 2.73. The number of benzene rings is 2. The molecule has 0 amide bonds. The maximum Gasteiger partial charge on any atom is 0.0407 e. The van der Waals surface area contributed by atoms with Crippen molar-refractivity contribution in [3.05, 3.63) is 65.7 Å². The van der Waals surface area contributed by atoms with Crippen molar-refractivity contribution in [3.63, 3.8) is 0 Å². The van der Waals surface area contributed by atoms with Crippen LogP contribution in [0.4, 0.5) is 0 Å². The second-order valence-electron chi connectivity index (χ2n) is 4.54. The van der Waals surface area contributed by atoms with Gasteiger partial charge in [0.05, 0.1) is 0 Å². The normalized spacial score (nSPS) is 13.4. The Labute approximate surface area is 102 Å². The van der Waals surface area contributed by atoms with Crippen molar-refractivity contribution in [1.82, 2.24) is 5.32 Å². The Morgan fingerprint density at radius 1 is 1.06 bits per heavy atom. The third kappa shape index (κ3) is 1.64. The molecule has 2 aromatic carbocycles. The molecule has 0 aliphatic carbocycles. The fourth-order valence-corrected chi connectivity index (χ4v) is 2.37. The molecule has 3 rings (SSSR count). The Balaban J connectivity index is 2.19. The first-order valence-electron chi connectivity index (χ1n) is 5.88. The minimum atomic E-state index is 0.897. The van der Waals surface area contributed by atoms with Crippen LogP contribution in [0.2, 0.25) is 0 Å². The highest BCUT2D eigenvalue weighted by molar-refractivity contribution is 5.83. The van der Waals surface area contributed by atoms with E-state index in [0.29, 0.717) is 0 Å². The summed E-state index contributed by atoms with van der Waals surface area (Å²) in [7, 11) is 0. The first-order chi connectivity index (χ1) is 8.25. The van der Waals surface area contributed by atoms with Gasteiger partial charge in [0.1, 0.15) is 0 Å². The van der Waals surface area contributed by atoms with Crippen LogP contribution in [0, 0.1) is 6.92 Å². The molecule has 0 aromatic heterocycles. The molecule has 1 N–H and O–H groups in total. The summed E-state index contributed by atoms with van der Waals surface area (Å²) in [6, 6.07) is 15.1. The molecule has 2 aromatic rings. The molecule has 0 radical (unpaired) electrons. The molecule has 0 saturated heterocycles. The Morgan fingerprint density at radius 3 is 2.59 bits per heavy atom. The van der Waals surface area contributed by atoms with Gasteiger partial charge in [-0.2, -0.15) is 0 Å². The van der Waals surface area contributed by atoms with Crippen LogP contribution in [-0.4, -0.2) is 0 Å². The third-order valence-electron chi connectivity index (χ3n) is 3.31. The number of nitrogens with one attached hydrogen (secondary N) is 1. The molecule has 0 fully saturated rings. The van der Waals surface area contributed by atoms with Gasteiger partial charge < -0.3 is 5.32 Å². The predicted octanol–water partition coefficient (Wildman–Crippen LogP) is 3.74.